The van der Waals surface area contributed by atoms with Crippen molar-refractivity contribution in [3.8, 4) is 0 Å². The Morgan fingerprint density at radius 3 is 2.61 bits per heavy atom. The van der Waals surface area contributed by atoms with Crippen LogP contribution in [0.1, 0.15) is 20.3 Å². The van der Waals surface area contributed by atoms with Crippen LogP contribution in [0.25, 0.3) is 0 Å². The highest BCUT2D eigenvalue weighted by molar-refractivity contribution is 5.81. The third kappa shape index (κ3) is 3.43. The maximum atomic E-state index is 12.0. The molecule has 0 saturated carbocycles. The fraction of sp³-hybridized carbons (Fsp3) is 0.833. The number of carbonyl (C=O) groups excluding carboxylic acids is 2. The molecule has 0 aromatic heterocycles. The summed E-state index contributed by atoms with van der Waals surface area (Å²) in [5.74, 6) is -0.459. The van der Waals surface area contributed by atoms with E-state index in [9.17, 15) is 14.7 Å². The summed E-state index contributed by atoms with van der Waals surface area (Å²) in [4.78, 5) is 26.8. The predicted octanol–water partition coefficient (Wildman–Crippen LogP) is -0.539. The molecule has 1 amide bonds. The van der Waals surface area contributed by atoms with Crippen molar-refractivity contribution in [2.75, 3.05) is 27.2 Å². The first-order valence-corrected chi connectivity index (χ1v) is 6.12. The van der Waals surface area contributed by atoms with E-state index in [-0.39, 0.29) is 18.5 Å². The number of likely N-dealkylation sites (N-methyl/N-ethyl adjacent to an activating group) is 1. The summed E-state index contributed by atoms with van der Waals surface area (Å²) in [5, 5.41) is 9.60. The van der Waals surface area contributed by atoms with Gasteiger partial charge in [-0.2, -0.15) is 0 Å². The number of methoxy groups -OCH3 is 1. The Bertz CT molecular complexity index is 319. The highest BCUT2D eigenvalue weighted by Gasteiger charge is 2.38. The van der Waals surface area contributed by atoms with Crippen molar-refractivity contribution in [2.24, 2.45) is 0 Å². The van der Waals surface area contributed by atoms with Crippen molar-refractivity contribution in [2.45, 2.75) is 38.5 Å². The standard InChI is InChI=1S/C12H22N2O4/c1-8(2)13(3)11(16)7-14-6-9(15)5-10(14)12(17)18-4/h8-10,15H,5-7H2,1-4H3. The van der Waals surface area contributed by atoms with E-state index in [1.165, 1.54) is 7.11 Å². The quantitative estimate of drug-likeness (QED) is 0.686. The van der Waals surface area contributed by atoms with E-state index in [4.69, 9.17) is 0 Å². The van der Waals surface area contributed by atoms with Crippen molar-refractivity contribution in [1.82, 2.24) is 9.80 Å². The Hall–Kier alpha value is -1.14. The molecule has 0 radical (unpaired) electrons. The van der Waals surface area contributed by atoms with Gasteiger partial charge >= 0.3 is 5.97 Å². The van der Waals surface area contributed by atoms with Gasteiger partial charge in [0.15, 0.2) is 0 Å². The van der Waals surface area contributed by atoms with Gasteiger partial charge in [0, 0.05) is 26.1 Å². The molecule has 0 aromatic carbocycles. The van der Waals surface area contributed by atoms with Crippen LogP contribution in [-0.2, 0) is 14.3 Å². The second kappa shape index (κ2) is 6.15. The van der Waals surface area contributed by atoms with Crippen molar-refractivity contribution in [3.05, 3.63) is 0 Å². The molecule has 2 atom stereocenters. The van der Waals surface area contributed by atoms with E-state index in [2.05, 4.69) is 4.74 Å². The summed E-state index contributed by atoms with van der Waals surface area (Å²) in [6.07, 6.45) is -0.253. The third-order valence-electron chi connectivity index (χ3n) is 3.36. The Kier molecular flexibility index (Phi) is 5.10. The average molecular weight is 258 g/mol. The Morgan fingerprint density at radius 1 is 1.50 bits per heavy atom. The summed E-state index contributed by atoms with van der Waals surface area (Å²) in [5.41, 5.74) is 0. The minimum absolute atomic E-state index is 0.0620. The summed E-state index contributed by atoms with van der Waals surface area (Å²) in [6, 6.07) is -0.406. The predicted molar refractivity (Wildman–Crippen MR) is 65.9 cm³/mol. The molecule has 1 heterocycles. The van der Waals surface area contributed by atoms with Gasteiger partial charge < -0.3 is 14.7 Å². The molecule has 1 saturated heterocycles. The van der Waals surface area contributed by atoms with Gasteiger partial charge in [-0.05, 0) is 13.8 Å². The first-order valence-electron chi connectivity index (χ1n) is 6.12. The van der Waals surface area contributed by atoms with Gasteiger partial charge in [-0.3, -0.25) is 14.5 Å². The second-order valence-electron chi connectivity index (χ2n) is 4.96. The number of rotatable bonds is 4. The number of esters is 1. The SMILES string of the molecule is COC(=O)C1CC(O)CN1CC(=O)N(C)C(C)C. The number of hydrogen-bond acceptors (Lipinski definition) is 5. The van der Waals surface area contributed by atoms with Gasteiger partial charge in [0.1, 0.15) is 6.04 Å². The number of likely N-dealkylation sites (tertiary alicyclic amines) is 1. The number of carbonyl (C=O) groups is 2. The molecule has 0 aromatic rings. The zero-order valence-electron chi connectivity index (χ0n) is 11.4. The van der Waals surface area contributed by atoms with Gasteiger partial charge in [0.25, 0.3) is 0 Å². The first-order chi connectivity index (χ1) is 8.36. The fourth-order valence-electron chi connectivity index (χ4n) is 2.01. The molecule has 6 nitrogen and oxygen atoms in total. The second-order valence-corrected chi connectivity index (χ2v) is 4.96. The van der Waals surface area contributed by atoms with E-state index < -0.39 is 18.1 Å². The molecular formula is C12H22N2O4. The lowest BCUT2D eigenvalue weighted by atomic mass is 10.2. The Labute approximate surface area is 107 Å². The molecule has 0 aliphatic carbocycles. The van der Waals surface area contributed by atoms with Crippen LogP contribution in [0.4, 0.5) is 0 Å². The monoisotopic (exact) mass is 258 g/mol. The van der Waals surface area contributed by atoms with E-state index in [0.717, 1.165) is 0 Å². The molecule has 104 valence electrons. The van der Waals surface area contributed by atoms with Crippen molar-refractivity contribution >= 4 is 11.9 Å². The first kappa shape index (κ1) is 14.9. The number of hydrogen-bond donors (Lipinski definition) is 1. The van der Waals surface area contributed by atoms with Gasteiger partial charge in [-0.25, -0.2) is 0 Å². The van der Waals surface area contributed by atoms with Crippen LogP contribution in [-0.4, -0.2) is 72.2 Å². The molecule has 18 heavy (non-hydrogen) atoms. The largest absolute Gasteiger partial charge is 0.468 e. The molecule has 0 spiro atoms. The van der Waals surface area contributed by atoms with Crippen molar-refractivity contribution in [1.29, 1.82) is 0 Å². The maximum absolute atomic E-state index is 12.0. The number of ether oxygens (including phenoxy) is 1. The molecular weight excluding hydrogens is 236 g/mol. The van der Waals surface area contributed by atoms with Gasteiger partial charge in [0.05, 0.1) is 19.8 Å². The number of aliphatic hydroxyl groups excluding tert-OH is 1. The third-order valence-corrected chi connectivity index (χ3v) is 3.36. The van der Waals surface area contributed by atoms with Crippen LogP contribution >= 0.6 is 0 Å². The minimum Gasteiger partial charge on any atom is -0.468 e. The highest BCUT2D eigenvalue weighted by atomic mass is 16.5. The molecule has 1 N–H and O–H groups in total. The number of aliphatic hydroxyl groups is 1. The van der Waals surface area contributed by atoms with Crippen LogP contribution < -0.4 is 0 Å². The van der Waals surface area contributed by atoms with Gasteiger partial charge in [-0.1, -0.05) is 0 Å². The molecule has 6 heteroatoms. The van der Waals surface area contributed by atoms with Gasteiger partial charge in [-0.15, -0.1) is 0 Å². The zero-order valence-corrected chi connectivity index (χ0v) is 11.4. The lowest BCUT2D eigenvalue weighted by Crippen LogP contribution is -2.45. The van der Waals surface area contributed by atoms with E-state index in [1.54, 1.807) is 16.8 Å². The summed E-state index contributed by atoms with van der Waals surface area (Å²) < 4.78 is 4.69. The highest BCUT2D eigenvalue weighted by Crippen LogP contribution is 2.19. The normalized spacial score (nSPS) is 24.3. The topological polar surface area (TPSA) is 70.1 Å². The summed E-state index contributed by atoms with van der Waals surface area (Å²) in [6.45, 7) is 4.31. The van der Waals surface area contributed by atoms with Crippen LogP contribution in [0.5, 0.6) is 0 Å². The molecule has 2 unspecified atom stereocenters. The maximum Gasteiger partial charge on any atom is 0.323 e. The van der Waals surface area contributed by atoms with E-state index in [1.807, 2.05) is 13.8 Å². The summed E-state index contributed by atoms with van der Waals surface area (Å²) >= 11 is 0. The van der Waals surface area contributed by atoms with Crippen molar-refractivity contribution in [3.63, 3.8) is 0 Å². The smallest absolute Gasteiger partial charge is 0.323 e. The van der Waals surface area contributed by atoms with Crippen LogP contribution in [0.15, 0.2) is 0 Å². The van der Waals surface area contributed by atoms with E-state index >= 15 is 0 Å². The zero-order chi connectivity index (χ0) is 13.9. The Morgan fingerprint density at radius 2 is 2.11 bits per heavy atom. The lowest BCUT2D eigenvalue weighted by molar-refractivity contribution is -0.146. The minimum atomic E-state index is -0.578. The van der Waals surface area contributed by atoms with Crippen LogP contribution in [0, 0.1) is 0 Å². The number of nitrogens with zero attached hydrogens (tertiary/aromatic N) is 2. The van der Waals surface area contributed by atoms with Crippen LogP contribution in [0.3, 0.4) is 0 Å². The molecule has 1 aliphatic heterocycles. The number of amides is 1. The van der Waals surface area contributed by atoms with Gasteiger partial charge in [0.2, 0.25) is 5.91 Å². The number of β-amino-alcohol motifs (C(OH)–C–C–N with tert-alkyl or cyclic N) is 1. The average Bonchev–Trinajstić information content (AvgIpc) is 2.67. The molecule has 1 aliphatic rings. The summed E-state index contributed by atoms with van der Waals surface area (Å²) in [7, 11) is 3.04. The van der Waals surface area contributed by atoms with E-state index in [0.29, 0.717) is 13.0 Å². The van der Waals surface area contributed by atoms with Crippen LogP contribution in [0.2, 0.25) is 0 Å². The molecule has 1 fully saturated rings. The molecule has 0 bridgehead atoms. The van der Waals surface area contributed by atoms with Crippen molar-refractivity contribution < 1.29 is 19.4 Å². The molecule has 1 rings (SSSR count). The Balaban J connectivity index is 2.64. The fourth-order valence-corrected chi connectivity index (χ4v) is 2.01. The lowest BCUT2D eigenvalue weighted by Gasteiger charge is -2.26.